The van der Waals surface area contributed by atoms with E-state index in [4.69, 9.17) is 0 Å². The first-order chi connectivity index (χ1) is 15.0. The Morgan fingerprint density at radius 2 is 1.81 bits per heavy atom. The Morgan fingerprint density at radius 3 is 2.34 bits per heavy atom. The lowest BCUT2D eigenvalue weighted by Gasteiger charge is -2.28. The monoisotopic (exact) mass is 466 g/mol. The summed E-state index contributed by atoms with van der Waals surface area (Å²) in [5.41, 5.74) is -1.12. The van der Waals surface area contributed by atoms with Gasteiger partial charge in [0, 0.05) is 6.20 Å². The van der Waals surface area contributed by atoms with Crippen molar-refractivity contribution in [3.63, 3.8) is 0 Å². The molecule has 2 atom stereocenters. The van der Waals surface area contributed by atoms with Crippen molar-refractivity contribution in [2.45, 2.75) is 42.4 Å². The van der Waals surface area contributed by atoms with E-state index < -0.39 is 51.0 Å². The van der Waals surface area contributed by atoms with Crippen molar-refractivity contribution in [3.8, 4) is 6.07 Å². The fraction of sp³-hybridized carbons (Fsp3) is 0.381. The second kappa shape index (κ2) is 9.26. The van der Waals surface area contributed by atoms with Gasteiger partial charge in [-0.15, -0.1) is 0 Å². The zero-order valence-electron chi connectivity index (χ0n) is 16.8. The number of benzene rings is 1. The summed E-state index contributed by atoms with van der Waals surface area (Å²) in [7, 11) is -4.03. The van der Waals surface area contributed by atoms with Crippen molar-refractivity contribution in [1.82, 2.24) is 15.6 Å². The van der Waals surface area contributed by atoms with Crippen molar-refractivity contribution in [3.05, 3.63) is 66.0 Å². The van der Waals surface area contributed by atoms with Crippen LogP contribution in [0.25, 0.3) is 0 Å². The normalized spacial score (nSPS) is 17.1. The summed E-state index contributed by atoms with van der Waals surface area (Å²) in [6.07, 6.45) is -2.70. The number of nitrogens with zero attached hydrogens (tertiary/aromatic N) is 2. The highest BCUT2D eigenvalue weighted by Gasteiger charge is 2.48. The molecule has 3 rings (SSSR count). The second-order valence-electron chi connectivity index (χ2n) is 7.66. The van der Waals surface area contributed by atoms with Crippen LogP contribution < -0.4 is 10.6 Å². The quantitative estimate of drug-likeness (QED) is 0.587. The van der Waals surface area contributed by atoms with Crippen molar-refractivity contribution in [2.75, 3.05) is 5.75 Å². The molecule has 170 valence electrons. The Morgan fingerprint density at radius 1 is 1.16 bits per heavy atom. The number of sulfone groups is 1. The van der Waals surface area contributed by atoms with E-state index in [0.717, 1.165) is 0 Å². The van der Waals surface area contributed by atoms with Gasteiger partial charge in [-0.25, -0.2) is 8.42 Å². The molecule has 2 aromatic rings. The molecular weight excluding hydrogens is 445 g/mol. The van der Waals surface area contributed by atoms with Crippen LogP contribution in [0.5, 0.6) is 0 Å². The minimum atomic E-state index is -4.79. The molecule has 7 nitrogen and oxygen atoms in total. The molecule has 0 aliphatic heterocycles. The molecule has 1 aliphatic rings. The summed E-state index contributed by atoms with van der Waals surface area (Å²) in [5.74, 6) is -2.40. The maximum Gasteiger partial charge on any atom is 0.407 e. The number of hydrogen-bond donors (Lipinski definition) is 2. The predicted molar refractivity (Wildman–Crippen MR) is 110 cm³/mol. The molecule has 1 aliphatic carbocycles. The van der Waals surface area contributed by atoms with E-state index in [1.54, 1.807) is 18.2 Å². The van der Waals surface area contributed by atoms with Crippen LogP contribution in [0.3, 0.4) is 0 Å². The summed E-state index contributed by atoms with van der Waals surface area (Å²) < 4.78 is 66.9. The highest BCUT2D eigenvalue weighted by molar-refractivity contribution is 7.90. The molecule has 1 aromatic carbocycles. The number of pyridine rings is 1. The van der Waals surface area contributed by atoms with Gasteiger partial charge in [0.05, 0.1) is 23.3 Å². The van der Waals surface area contributed by atoms with Crippen molar-refractivity contribution in [2.24, 2.45) is 0 Å². The van der Waals surface area contributed by atoms with Gasteiger partial charge in [-0.3, -0.25) is 15.1 Å². The average Bonchev–Trinajstić information content (AvgIpc) is 3.51. The number of hydrogen-bond acceptors (Lipinski definition) is 6. The van der Waals surface area contributed by atoms with Crippen LogP contribution in [-0.4, -0.2) is 42.8 Å². The molecule has 0 spiro atoms. The van der Waals surface area contributed by atoms with Gasteiger partial charge in [-0.1, -0.05) is 36.4 Å². The summed E-state index contributed by atoms with van der Waals surface area (Å²) in [6.45, 7) is 0. The Labute approximate surface area is 183 Å². The molecule has 0 bridgehead atoms. The van der Waals surface area contributed by atoms with Crippen LogP contribution >= 0.6 is 0 Å². The maximum absolute atomic E-state index is 13.8. The molecular formula is C21H21F3N4O3S. The average molecular weight is 466 g/mol. The molecule has 0 unspecified atom stereocenters. The van der Waals surface area contributed by atoms with E-state index in [9.17, 15) is 31.6 Å². The van der Waals surface area contributed by atoms with E-state index in [0.29, 0.717) is 12.8 Å². The molecule has 2 N–H and O–H groups in total. The number of carbonyl (C=O) groups is 1. The van der Waals surface area contributed by atoms with E-state index in [1.807, 2.05) is 6.07 Å². The van der Waals surface area contributed by atoms with Gasteiger partial charge < -0.3 is 5.32 Å². The first-order valence-corrected chi connectivity index (χ1v) is 11.6. The van der Waals surface area contributed by atoms with Gasteiger partial charge in [-0.05, 0) is 30.5 Å². The van der Waals surface area contributed by atoms with Gasteiger partial charge in [0.1, 0.15) is 17.6 Å². The number of halogens is 3. The van der Waals surface area contributed by atoms with Gasteiger partial charge in [0.15, 0.2) is 9.84 Å². The lowest BCUT2D eigenvalue weighted by Crippen LogP contribution is -2.54. The number of aromatic nitrogens is 1. The Balaban J connectivity index is 1.87. The first kappa shape index (κ1) is 23.7. The van der Waals surface area contributed by atoms with Crippen LogP contribution in [0.4, 0.5) is 13.2 Å². The van der Waals surface area contributed by atoms with Gasteiger partial charge in [0.25, 0.3) is 0 Å². The fourth-order valence-corrected chi connectivity index (χ4v) is 4.65. The van der Waals surface area contributed by atoms with E-state index in [1.165, 1.54) is 36.5 Å². The number of carbonyl (C=O) groups excluding carboxylic acids is 1. The minimum Gasteiger partial charge on any atom is -0.336 e. The second-order valence-corrected chi connectivity index (χ2v) is 9.77. The molecule has 1 aromatic heterocycles. The largest absolute Gasteiger partial charge is 0.407 e. The lowest BCUT2D eigenvalue weighted by molar-refractivity contribution is -0.160. The van der Waals surface area contributed by atoms with Crippen LogP contribution in [0.2, 0.25) is 0 Å². The standard InChI is InChI=1S/C21H21F3N4O3S/c22-21(23,24)18(15-6-2-1-3-7-15)27-17(19(29)28-20(14-25)9-10-20)13-32(30,31)12-16-8-4-5-11-26-16/h1-8,11,17-18,27H,9-10,12-13H2,(H,28,29)/t17-,18-/m0/s1. The van der Waals surface area contributed by atoms with Crippen molar-refractivity contribution in [1.29, 1.82) is 5.26 Å². The maximum atomic E-state index is 13.8. The number of nitrogens with one attached hydrogen (secondary N) is 2. The third kappa shape index (κ3) is 6.27. The Hall–Kier alpha value is -2.97. The minimum absolute atomic E-state index is 0.165. The van der Waals surface area contributed by atoms with Crippen molar-refractivity contribution < 1.29 is 26.4 Å². The molecule has 0 radical (unpaired) electrons. The third-order valence-electron chi connectivity index (χ3n) is 4.99. The predicted octanol–water partition coefficient (Wildman–Crippen LogP) is 2.43. The summed E-state index contributed by atoms with van der Waals surface area (Å²) in [5, 5.41) is 13.8. The molecule has 1 fully saturated rings. The molecule has 0 saturated heterocycles. The summed E-state index contributed by atoms with van der Waals surface area (Å²) >= 11 is 0. The third-order valence-corrected chi connectivity index (χ3v) is 6.56. The topological polar surface area (TPSA) is 112 Å². The molecule has 1 saturated carbocycles. The number of nitriles is 1. The van der Waals surface area contributed by atoms with Gasteiger partial charge >= 0.3 is 6.18 Å². The zero-order valence-corrected chi connectivity index (χ0v) is 17.7. The van der Waals surface area contributed by atoms with Crippen LogP contribution in [0, 0.1) is 11.3 Å². The number of alkyl halides is 3. The molecule has 1 heterocycles. The lowest BCUT2D eigenvalue weighted by atomic mass is 10.1. The van der Waals surface area contributed by atoms with Gasteiger partial charge in [0.2, 0.25) is 5.91 Å². The SMILES string of the molecule is N#CC1(NC(=O)[C@H](CS(=O)(=O)Cc2ccccn2)N[C@@H](c2ccccc2)C(F)(F)F)CC1. The Bertz CT molecular complexity index is 1080. The fourth-order valence-electron chi connectivity index (χ4n) is 3.16. The molecule has 1 amide bonds. The smallest absolute Gasteiger partial charge is 0.336 e. The van der Waals surface area contributed by atoms with Crippen LogP contribution in [0.15, 0.2) is 54.7 Å². The Kier molecular flexibility index (Phi) is 6.85. The van der Waals surface area contributed by atoms with Crippen LogP contribution in [-0.2, 0) is 20.4 Å². The van der Waals surface area contributed by atoms with Crippen LogP contribution in [0.1, 0.15) is 30.1 Å². The zero-order chi connectivity index (χ0) is 23.4. The van der Waals surface area contributed by atoms with E-state index in [-0.39, 0.29) is 11.3 Å². The summed E-state index contributed by atoms with van der Waals surface area (Å²) in [6, 6.07) is 9.40. The highest BCUT2D eigenvalue weighted by atomic mass is 32.2. The number of rotatable bonds is 9. The summed E-state index contributed by atoms with van der Waals surface area (Å²) in [4.78, 5) is 16.7. The number of amides is 1. The van der Waals surface area contributed by atoms with E-state index in [2.05, 4.69) is 15.6 Å². The van der Waals surface area contributed by atoms with Gasteiger partial charge in [-0.2, -0.15) is 18.4 Å². The highest BCUT2D eigenvalue weighted by Crippen LogP contribution is 2.35. The van der Waals surface area contributed by atoms with E-state index >= 15 is 0 Å². The van der Waals surface area contributed by atoms with Crippen molar-refractivity contribution >= 4 is 15.7 Å². The first-order valence-electron chi connectivity index (χ1n) is 9.75. The molecule has 11 heteroatoms. The molecule has 32 heavy (non-hydrogen) atoms.